The molecule has 1 atom stereocenters. The van der Waals surface area contributed by atoms with E-state index in [1.807, 2.05) is 19.9 Å². The lowest BCUT2D eigenvalue weighted by molar-refractivity contribution is -0.142. The first-order valence-electron chi connectivity index (χ1n) is 11.9. The molecular formula is C28H27NO6. The molecule has 0 saturated carbocycles. The minimum absolute atomic E-state index is 0.0317. The van der Waals surface area contributed by atoms with Crippen molar-refractivity contribution < 1.29 is 23.5 Å². The Hall–Kier alpha value is -3.87. The number of hydrogen-bond donors (Lipinski definition) is 2. The van der Waals surface area contributed by atoms with Gasteiger partial charge in [-0.15, -0.1) is 0 Å². The number of carboxylic acid groups (broad SMARTS) is 1. The van der Waals surface area contributed by atoms with Gasteiger partial charge in [-0.3, -0.25) is 4.79 Å². The maximum absolute atomic E-state index is 12.9. The Kier molecular flexibility index (Phi) is 5.93. The molecule has 7 nitrogen and oxygen atoms in total. The molecule has 2 heterocycles. The van der Waals surface area contributed by atoms with Gasteiger partial charge in [0.1, 0.15) is 16.9 Å². The van der Waals surface area contributed by atoms with Crippen molar-refractivity contribution in [1.29, 1.82) is 0 Å². The van der Waals surface area contributed by atoms with E-state index in [1.165, 1.54) is 5.56 Å². The molecule has 0 fully saturated rings. The number of carbonyl (C=O) groups excluding carboxylic acids is 1. The van der Waals surface area contributed by atoms with Crippen molar-refractivity contribution in [2.75, 3.05) is 0 Å². The van der Waals surface area contributed by atoms with E-state index in [1.54, 1.807) is 30.3 Å². The fourth-order valence-electron chi connectivity index (χ4n) is 5.11. The largest absolute Gasteiger partial charge is 0.479 e. The van der Waals surface area contributed by atoms with E-state index >= 15 is 0 Å². The normalized spacial score (nSPS) is 14.1. The molecule has 7 heteroatoms. The predicted octanol–water partition coefficient (Wildman–Crippen LogP) is 4.91. The highest BCUT2D eigenvalue weighted by atomic mass is 16.4. The lowest BCUT2D eigenvalue weighted by Crippen LogP contribution is -2.34. The van der Waals surface area contributed by atoms with Crippen LogP contribution in [0.1, 0.15) is 58.9 Å². The third-order valence-electron chi connectivity index (χ3n) is 7.01. The van der Waals surface area contributed by atoms with Crippen molar-refractivity contribution in [2.45, 2.75) is 58.4 Å². The van der Waals surface area contributed by atoms with Gasteiger partial charge < -0.3 is 19.3 Å². The van der Waals surface area contributed by atoms with Gasteiger partial charge in [0.05, 0.1) is 0 Å². The molecule has 35 heavy (non-hydrogen) atoms. The van der Waals surface area contributed by atoms with E-state index in [-0.39, 0.29) is 12.8 Å². The molecule has 0 saturated heterocycles. The zero-order valence-corrected chi connectivity index (χ0v) is 19.8. The molecule has 1 aliphatic rings. The average molecular weight is 474 g/mol. The van der Waals surface area contributed by atoms with E-state index in [4.69, 9.17) is 8.83 Å². The van der Waals surface area contributed by atoms with Gasteiger partial charge in [-0.05, 0) is 56.7 Å². The number of hydrogen-bond acceptors (Lipinski definition) is 5. The predicted molar refractivity (Wildman–Crippen MR) is 132 cm³/mol. The van der Waals surface area contributed by atoms with Gasteiger partial charge in [-0.1, -0.05) is 30.3 Å². The van der Waals surface area contributed by atoms with Gasteiger partial charge in [0.15, 0.2) is 6.04 Å². The highest BCUT2D eigenvalue weighted by molar-refractivity contribution is 6.00. The van der Waals surface area contributed by atoms with Crippen LogP contribution in [0.4, 0.5) is 0 Å². The quantitative estimate of drug-likeness (QED) is 0.385. The van der Waals surface area contributed by atoms with Crippen molar-refractivity contribution in [3.8, 4) is 0 Å². The van der Waals surface area contributed by atoms with Crippen LogP contribution in [0.15, 0.2) is 50.0 Å². The number of carbonyl (C=O) groups is 2. The number of nitrogens with one attached hydrogen (secondary N) is 1. The average Bonchev–Trinajstić information content (AvgIpc) is 3.23. The van der Waals surface area contributed by atoms with Crippen molar-refractivity contribution >= 4 is 33.8 Å². The summed E-state index contributed by atoms with van der Waals surface area (Å²) >= 11 is 0. The number of fused-ring (bicyclic) bond motifs is 4. The first-order valence-corrected chi connectivity index (χ1v) is 11.9. The van der Waals surface area contributed by atoms with Gasteiger partial charge in [0, 0.05) is 40.3 Å². The number of aryl methyl sites for hydroxylation is 4. The molecule has 0 bridgehead atoms. The number of aliphatic carboxylic acids is 1. The van der Waals surface area contributed by atoms with Gasteiger partial charge in [0.2, 0.25) is 5.91 Å². The zero-order valence-electron chi connectivity index (χ0n) is 19.8. The Morgan fingerprint density at radius 2 is 1.71 bits per heavy atom. The second-order valence-corrected chi connectivity index (χ2v) is 9.21. The molecule has 2 aromatic carbocycles. The summed E-state index contributed by atoms with van der Waals surface area (Å²) < 4.78 is 11.9. The van der Waals surface area contributed by atoms with Gasteiger partial charge in [0.25, 0.3) is 0 Å². The molecule has 1 aliphatic carbocycles. The first kappa shape index (κ1) is 22.9. The first-order chi connectivity index (χ1) is 16.8. The van der Waals surface area contributed by atoms with Gasteiger partial charge >= 0.3 is 11.6 Å². The van der Waals surface area contributed by atoms with Crippen LogP contribution in [-0.2, 0) is 28.9 Å². The standard InChI is InChI=1S/C28H27NO6/c1-15-18(12-13-23(30)29-24(27(31)32)17-8-4-3-5-9-17)28(33)35-25-16(2)26-21(14-20(15)25)19-10-6-7-11-22(19)34-26/h3-5,8-9,14,24H,6-7,10-13H2,1-2H3,(H,29,30)(H,31,32)/t24-/m0/s1. The SMILES string of the molecule is Cc1c(CCC(=O)N[C@H](C(=O)O)c2ccccc2)c(=O)oc2c(C)c3oc4c(c3cc12)CCCC4. The summed E-state index contributed by atoms with van der Waals surface area (Å²) in [6, 6.07) is 9.41. The Morgan fingerprint density at radius 1 is 1.00 bits per heavy atom. The van der Waals surface area contributed by atoms with E-state index in [9.17, 15) is 19.5 Å². The summed E-state index contributed by atoms with van der Waals surface area (Å²) in [6.07, 6.45) is 4.25. The van der Waals surface area contributed by atoms with Crippen molar-refractivity contribution in [3.05, 3.63) is 80.4 Å². The summed E-state index contributed by atoms with van der Waals surface area (Å²) in [7, 11) is 0. The third-order valence-corrected chi connectivity index (χ3v) is 7.01. The summed E-state index contributed by atoms with van der Waals surface area (Å²) in [4.78, 5) is 37.2. The second kappa shape index (κ2) is 9.06. The molecule has 4 aromatic rings. The van der Waals surface area contributed by atoms with Crippen LogP contribution in [0, 0.1) is 13.8 Å². The summed E-state index contributed by atoms with van der Waals surface area (Å²) in [5.41, 5.74) is 4.53. The Labute approximate surface area is 201 Å². The molecule has 0 radical (unpaired) electrons. The molecule has 1 amide bonds. The molecular weight excluding hydrogens is 446 g/mol. The lowest BCUT2D eigenvalue weighted by Gasteiger charge is -2.15. The van der Waals surface area contributed by atoms with Crippen LogP contribution in [-0.4, -0.2) is 17.0 Å². The fraction of sp³-hybridized carbons (Fsp3) is 0.321. The molecule has 0 aliphatic heterocycles. The van der Waals surface area contributed by atoms with Crippen LogP contribution in [0.3, 0.4) is 0 Å². The van der Waals surface area contributed by atoms with E-state index < -0.39 is 23.5 Å². The maximum atomic E-state index is 12.9. The van der Waals surface area contributed by atoms with E-state index in [0.29, 0.717) is 16.7 Å². The molecule has 0 unspecified atom stereocenters. The van der Waals surface area contributed by atoms with Crippen LogP contribution in [0.2, 0.25) is 0 Å². The lowest BCUT2D eigenvalue weighted by atomic mass is 9.93. The Morgan fingerprint density at radius 3 is 2.46 bits per heavy atom. The zero-order chi connectivity index (χ0) is 24.7. The highest BCUT2D eigenvalue weighted by Gasteiger charge is 2.24. The monoisotopic (exact) mass is 473 g/mol. The van der Waals surface area contributed by atoms with E-state index in [2.05, 4.69) is 5.32 Å². The topological polar surface area (TPSA) is 110 Å². The van der Waals surface area contributed by atoms with Crippen LogP contribution < -0.4 is 10.9 Å². The highest BCUT2D eigenvalue weighted by Crippen LogP contribution is 2.38. The second-order valence-electron chi connectivity index (χ2n) is 9.21. The van der Waals surface area contributed by atoms with Crippen molar-refractivity contribution in [1.82, 2.24) is 5.32 Å². The molecule has 2 aromatic heterocycles. The summed E-state index contributed by atoms with van der Waals surface area (Å²) in [6.45, 7) is 3.78. The maximum Gasteiger partial charge on any atom is 0.339 e. The summed E-state index contributed by atoms with van der Waals surface area (Å²) in [5, 5.41) is 14.0. The number of amides is 1. The molecule has 180 valence electrons. The van der Waals surface area contributed by atoms with Gasteiger partial charge in [-0.25, -0.2) is 9.59 Å². The number of furan rings is 1. The van der Waals surface area contributed by atoms with Crippen molar-refractivity contribution in [3.63, 3.8) is 0 Å². The van der Waals surface area contributed by atoms with Crippen LogP contribution >= 0.6 is 0 Å². The molecule has 5 rings (SSSR count). The number of benzene rings is 2. The van der Waals surface area contributed by atoms with Gasteiger partial charge in [-0.2, -0.15) is 0 Å². The fourth-order valence-corrected chi connectivity index (χ4v) is 5.11. The number of rotatable bonds is 6. The van der Waals surface area contributed by atoms with E-state index in [0.717, 1.165) is 58.9 Å². The minimum atomic E-state index is -1.15. The minimum Gasteiger partial charge on any atom is -0.479 e. The van der Waals surface area contributed by atoms with Crippen molar-refractivity contribution in [2.24, 2.45) is 0 Å². The Bertz CT molecular complexity index is 1510. The van der Waals surface area contributed by atoms with Crippen LogP contribution in [0.25, 0.3) is 21.9 Å². The van der Waals surface area contributed by atoms with Crippen LogP contribution in [0.5, 0.6) is 0 Å². The Balaban J connectivity index is 1.44. The third kappa shape index (κ3) is 4.11. The number of carboxylic acids is 1. The molecule has 0 spiro atoms. The summed E-state index contributed by atoms with van der Waals surface area (Å²) in [5.74, 6) is -0.572. The smallest absolute Gasteiger partial charge is 0.339 e. The molecule has 2 N–H and O–H groups in total.